The number of nitrogens with zero attached hydrogens (tertiary/aromatic N) is 1. The van der Waals surface area contributed by atoms with E-state index in [4.69, 9.17) is 11.6 Å². The van der Waals surface area contributed by atoms with Gasteiger partial charge in [0.15, 0.2) is 0 Å². The van der Waals surface area contributed by atoms with Crippen LogP contribution in [0.1, 0.15) is 45.1 Å². The first-order valence-corrected chi connectivity index (χ1v) is 8.40. The molecule has 4 heteroatoms. The first-order chi connectivity index (χ1) is 10.0. The summed E-state index contributed by atoms with van der Waals surface area (Å²) < 4.78 is 0. The van der Waals surface area contributed by atoms with Crippen LogP contribution in [0, 0.1) is 0 Å². The van der Waals surface area contributed by atoms with Crippen molar-refractivity contribution in [3.05, 3.63) is 28.8 Å². The fraction of sp³-hybridized carbons (Fsp3) is 0.647. The number of aliphatic hydroxyl groups excluding tert-OH is 1. The molecular weight excluding hydrogens is 284 g/mol. The molecule has 2 bridgehead atoms. The molecule has 2 N–H and O–H groups in total. The van der Waals surface area contributed by atoms with Gasteiger partial charge in [-0.25, -0.2) is 0 Å². The molecule has 0 spiro atoms. The Morgan fingerprint density at radius 1 is 1.29 bits per heavy atom. The van der Waals surface area contributed by atoms with Gasteiger partial charge in [-0.1, -0.05) is 31.5 Å². The van der Waals surface area contributed by atoms with Crippen LogP contribution in [0.3, 0.4) is 0 Å². The van der Waals surface area contributed by atoms with E-state index in [1.807, 2.05) is 0 Å². The van der Waals surface area contributed by atoms with Gasteiger partial charge in [-0.3, -0.25) is 0 Å². The van der Waals surface area contributed by atoms with Gasteiger partial charge in [-0.05, 0) is 43.4 Å². The summed E-state index contributed by atoms with van der Waals surface area (Å²) in [6.45, 7) is 5.14. The molecule has 0 radical (unpaired) electrons. The van der Waals surface area contributed by atoms with E-state index in [1.165, 1.54) is 18.4 Å². The summed E-state index contributed by atoms with van der Waals surface area (Å²) in [5, 5.41) is 14.2. The van der Waals surface area contributed by atoms with Crippen molar-refractivity contribution in [2.45, 2.75) is 70.3 Å². The molecule has 116 valence electrons. The highest BCUT2D eigenvalue weighted by atomic mass is 35.5. The van der Waals surface area contributed by atoms with Crippen molar-refractivity contribution < 1.29 is 5.11 Å². The third-order valence-corrected chi connectivity index (χ3v) is 5.02. The average Bonchev–Trinajstić information content (AvgIpc) is 2.68. The molecule has 0 aromatic heterocycles. The molecule has 2 saturated heterocycles. The molecule has 21 heavy (non-hydrogen) atoms. The van der Waals surface area contributed by atoms with E-state index < -0.39 is 0 Å². The minimum atomic E-state index is -0.132. The fourth-order valence-corrected chi connectivity index (χ4v) is 4.03. The molecule has 2 fully saturated rings. The lowest BCUT2D eigenvalue weighted by Crippen LogP contribution is -2.44. The quantitative estimate of drug-likeness (QED) is 0.895. The third-order valence-electron chi connectivity index (χ3n) is 4.71. The first-order valence-electron chi connectivity index (χ1n) is 8.03. The van der Waals surface area contributed by atoms with Gasteiger partial charge in [0.25, 0.3) is 0 Å². The van der Waals surface area contributed by atoms with Gasteiger partial charge in [-0.15, -0.1) is 0 Å². The number of benzene rings is 1. The Morgan fingerprint density at radius 3 is 2.52 bits per heavy atom. The maximum atomic E-state index is 9.92. The van der Waals surface area contributed by atoms with Crippen molar-refractivity contribution in [2.75, 3.05) is 4.90 Å². The van der Waals surface area contributed by atoms with Crippen LogP contribution in [0.25, 0.3) is 0 Å². The molecule has 2 heterocycles. The maximum Gasteiger partial charge on any atom is 0.0642 e. The molecular formula is C17H25ClN2O. The van der Waals surface area contributed by atoms with E-state index in [0.717, 1.165) is 30.1 Å². The summed E-state index contributed by atoms with van der Waals surface area (Å²) in [5.41, 5.74) is 2.37. The summed E-state index contributed by atoms with van der Waals surface area (Å²) in [6, 6.07) is 7.79. The van der Waals surface area contributed by atoms with Crippen LogP contribution in [0.5, 0.6) is 0 Å². The number of piperidine rings is 1. The van der Waals surface area contributed by atoms with E-state index in [1.54, 1.807) is 0 Å². The lowest BCUT2D eigenvalue weighted by molar-refractivity contribution is 0.126. The number of rotatable bonds is 4. The van der Waals surface area contributed by atoms with Crippen molar-refractivity contribution in [2.24, 2.45) is 0 Å². The SMILES string of the molecule is CC(C)NCc1ccc(N2C3CCC2CC(O)C3)c(Cl)c1. The molecule has 2 aliphatic rings. The number of anilines is 1. The summed E-state index contributed by atoms with van der Waals surface area (Å²) in [7, 11) is 0. The van der Waals surface area contributed by atoms with Crippen molar-refractivity contribution in [1.82, 2.24) is 5.32 Å². The number of aliphatic hydroxyl groups is 1. The molecule has 3 nitrogen and oxygen atoms in total. The van der Waals surface area contributed by atoms with Gasteiger partial charge in [0, 0.05) is 24.7 Å². The van der Waals surface area contributed by atoms with E-state index in [2.05, 4.69) is 42.3 Å². The van der Waals surface area contributed by atoms with Crippen LogP contribution in [0.2, 0.25) is 5.02 Å². The van der Waals surface area contributed by atoms with Gasteiger partial charge in [0.2, 0.25) is 0 Å². The Bertz CT molecular complexity index is 492. The second-order valence-corrected chi connectivity index (χ2v) is 7.15. The maximum absolute atomic E-state index is 9.92. The highest BCUT2D eigenvalue weighted by molar-refractivity contribution is 6.33. The number of fused-ring (bicyclic) bond motifs is 2. The molecule has 3 rings (SSSR count). The van der Waals surface area contributed by atoms with Crippen LogP contribution < -0.4 is 10.2 Å². The molecule has 1 aromatic carbocycles. The zero-order valence-corrected chi connectivity index (χ0v) is 13.6. The monoisotopic (exact) mass is 308 g/mol. The Hall–Kier alpha value is -0.770. The van der Waals surface area contributed by atoms with Gasteiger partial charge in [0.05, 0.1) is 16.8 Å². The Balaban J connectivity index is 1.77. The van der Waals surface area contributed by atoms with E-state index >= 15 is 0 Å². The predicted molar refractivity (Wildman–Crippen MR) is 88.0 cm³/mol. The molecule has 0 saturated carbocycles. The normalized spacial score (nSPS) is 28.4. The van der Waals surface area contributed by atoms with Crippen LogP contribution in [-0.4, -0.2) is 29.3 Å². The summed E-state index contributed by atoms with van der Waals surface area (Å²) in [6.07, 6.45) is 3.98. The molecule has 2 unspecified atom stereocenters. The Kier molecular flexibility index (Phi) is 4.43. The van der Waals surface area contributed by atoms with E-state index in [-0.39, 0.29) is 6.10 Å². The third kappa shape index (κ3) is 3.20. The van der Waals surface area contributed by atoms with Crippen LogP contribution in [-0.2, 0) is 6.54 Å². The minimum absolute atomic E-state index is 0.132. The van der Waals surface area contributed by atoms with Gasteiger partial charge < -0.3 is 15.3 Å². The zero-order valence-electron chi connectivity index (χ0n) is 12.8. The standard InChI is InChI=1S/C17H25ClN2O/c1-11(2)19-10-12-3-6-17(16(18)7-12)20-13-4-5-14(20)9-15(21)8-13/h3,6-7,11,13-15,19,21H,4-5,8-10H2,1-2H3. The van der Waals surface area contributed by atoms with Crippen LogP contribution in [0.4, 0.5) is 5.69 Å². The van der Waals surface area contributed by atoms with Crippen LogP contribution in [0.15, 0.2) is 18.2 Å². The van der Waals surface area contributed by atoms with Crippen molar-refractivity contribution in [3.8, 4) is 0 Å². The van der Waals surface area contributed by atoms with Gasteiger partial charge in [0.1, 0.15) is 0 Å². The largest absolute Gasteiger partial charge is 0.393 e. The highest BCUT2D eigenvalue weighted by Gasteiger charge is 2.40. The molecule has 2 aliphatic heterocycles. The Morgan fingerprint density at radius 2 is 1.95 bits per heavy atom. The molecule has 0 aliphatic carbocycles. The summed E-state index contributed by atoms with van der Waals surface area (Å²) in [4.78, 5) is 2.45. The Labute approximate surface area is 132 Å². The number of halogens is 1. The average molecular weight is 309 g/mol. The zero-order chi connectivity index (χ0) is 15.0. The topological polar surface area (TPSA) is 35.5 Å². The van der Waals surface area contributed by atoms with E-state index in [9.17, 15) is 5.11 Å². The smallest absolute Gasteiger partial charge is 0.0642 e. The van der Waals surface area contributed by atoms with Crippen molar-refractivity contribution >= 4 is 17.3 Å². The first kappa shape index (κ1) is 15.1. The summed E-state index contributed by atoms with van der Waals surface area (Å²) >= 11 is 6.54. The highest BCUT2D eigenvalue weighted by Crippen LogP contribution is 2.42. The number of nitrogens with one attached hydrogen (secondary N) is 1. The van der Waals surface area contributed by atoms with Gasteiger partial charge >= 0.3 is 0 Å². The van der Waals surface area contributed by atoms with E-state index in [0.29, 0.717) is 18.1 Å². The minimum Gasteiger partial charge on any atom is -0.393 e. The van der Waals surface area contributed by atoms with Crippen LogP contribution >= 0.6 is 11.6 Å². The summed E-state index contributed by atoms with van der Waals surface area (Å²) in [5.74, 6) is 0. The number of hydrogen-bond donors (Lipinski definition) is 2. The number of hydrogen-bond acceptors (Lipinski definition) is 3. The fourth-order valence-electron chi connectivity index (χ4n) is 3.73. The lowest BCUT2D eigenvalue weighted by Gasteiger charge is -2.39. The second-order valence-electron chi connectivity index (χ2n) is 6.74. The van der Waals surface area contributed by atoms with Gasteiger partial charge in [-0.2, -0.15) is 0 Å². The molecule has 0 amide bonds. The lowest BCUT2D eigenvalue weighted by atomic mass is 9.99. The molecule has 1 aromatic rings. The second kappa shape index (κ2) is 6.15. The van der Waals surface area contributed by atoms with Crippen molar-refractivity contribution in [3.63, 3.8) is 0 Å². The van der Waals surface area contributed by atoms with Crippen molar-refractivity contribution in [1.29, 1.82) is 0 Å². The predicted octanol–water partition coefficient (Wildman–Crippen LogP) is 3.33. The molecule has 2 atom stereocenters.